The zero-order chi connectivity index (χ0) is 22.9. The number of nitrogens with two attached hydrogens (primary N) is 1. The van der Waals surface area contributed by atoms with Crippen molar-refractivity contribution in [2.45, 2.75) is 19.9 Å². The first-order valence-electron chi connectivity index (χ1n) is 11.1. The van der Waals surface area contributed by atoms with Gasteiger partial charge in [-0.2, -0.15) is 0 Å². The number of anilines is 1. The molecule has 1 aliphatic rings. The molecule has 0 saturated carbocycles. The molecule has 1 aliphatic heterocycles. The van der Waals surface area contributed by atoms with Crippen LogP contribution in [0, 0.1) is 12.8 Å². The highest BCUT2D eigenvalue weighted by Crippen LogP contribution is 2.23. The number of nitrogen functional groups attached to an aromatic ring is 1. The summed E-state index contributed by atoms with van der Waals surface area (Å²) >= 11 is 0. The van der Waals surface area contributed by atoms with Gasteiger partial charge in [-0.05, 0) is 60.7 Å². The lowest BCUT2D eigenvalue weighted by Crippen LogP contribution is -2.34. The molecule has 166 valence electrons. The minimum Gasteiger partial charge on any atom is -0.383 e. The predicted octanol–water partition coefficient (Wildman–Crippen LogP) is 3.45. The maximum Gasteiger partial charge on any atom is 0.253 e. The fourth-order valence-electron chi connectivity index (χ4n) is 4.40. The number of nitrogens with one attached hydrogen (secondary N) is 1. The Morgan fingerprint density at radius 1 is 1.09 bits per heavy atom. The third-order valence-electron chi connectivity index (χ3n) is 6.25. The van der Waals surface area contributed by atoms with E-state index >= 15 is 0 Å². The highest BCUT2D eigenvalue weighted by molar-refractivity contribution is 5.98. The van der Waals surface area contributed by atoms with E-state index in [0.29, 0.717) is 37.4 Å². The van der Waals surface area contributed by atoms with Crippen LogP contribution >= 0.6 is 0 Å². The highest BCUT2D eigenvalue weighted by Gasteiger charge is 2.31. The normalized spacial score (nSPS) is 15.8. The summed E-state index contributed by atoms with van der Waals surface area (Å²) in [4.78, 5) is 36.1. The van der Waals surface area contributed by atoms with Crippen molar-refractivity contribution in [3.05, 3.63) is 77.6 Å². The number of carbonyl (C=O) groups is 2. The van der Waals surface area contributed by atoms with Crippen LogP contribution in [-0.4, -0.2) is 39.8 Å². The Morgan fingerprint density at radius 2 is 1.97 bits per heavy atom. The van der Waals surface area contributed by atoms with Gasteiger partial charge >= 0.3 is 0 Å². The van der Waals surface area contributed by atoms with Gasteiger partial charge in [-0.3, -0.25) is 14.6 Å². The number of benzene rings is 2. The summed E-state index contributed by atoms with van der Waals surface area (Å²) in [5, 5.41) is 5.85. The van der Waals surface area contributed by atoms with E-state index in [1.165, 1.54) is 0 Å². The van der Waals surface area contributed by atoms with Crippen molar-refractivity contribution < 1.29 is 9.59 Å². The number of likely N-dealkylation sites (tertiary alicyclic amines) is 1. The number of rotatable bonds is 4. The number of fused-ring (bicyclic) bond motifs is 2. The summed E-state index contributed by atoms with van der Waals surface area (Å²) in [5.41, 5.74) is 9.34. The molecule has 7 heteroatoms. The maximum atomic E-state index is 13.0. The van der Waals surface area contributed by atoms with Crippen LogP contribution in [0.25, 0.3) is 21.7 Å². The molecule has 2 aromatic carbocycles. The molecular formula is C26H25N5O2. The Hall–Kier alpha value is -4.00. The smallest absolute Gasteiger partial charge is 0.253 e. The van der Waals surface area contributed by atoms with Crippen molar-refractivity contribution in [3.63, 3.8) is 0 Å². The van der Waals surface area contributed by atoms with E-state index in [-0.39, 0.29) is 17.7 Å². The molecule has 1 fully saturated rings. The van der Waals surface area contributed by atoms with Gasteiger partial charge < -0.3 is 16.0 Å². The first kappa shape index (κ1) is 20.9. The average Bonchev–Trinajstić information content (AvgIpc) is 3.32. The lowest BCUT2D eigenvalue weighted by molar-refractivity contribution is -0.124. The molecule has 3 heterocycles. The van der Waals surface area contributed by atoms with Crippen molar-refractivity contribution in [1.82, 2.24) is 20.2 Å². The summed E-state index contributed by atoms with van der Waals surface area (Å²) < 4.78 is 0. The summed E-state index contributed by atoms with van der Waals surface area (Å²) in [5.74, 6) is 0.210. The SMILES string of the molecule is Cc1ccc2cc(C(=O)N3CCC(C(=O)NCc4ccc5c(N)nccc5c4)C3)ccc2n1. The Kier molecular flexibility index (Phi) is 5.38. The first-order chi connectivity index (χ1) is 16.0. The second-order valence-electron chi connectivity index (χ2n) is 8.57. The Morgan fingerprint density at radius 3 is 2.85 bits per heavy atom. The van der Waals surface area contributed by atoms with Crippen molar-refractivity contribution in [1.29, 1.82) is 0 Å². The third-order valence-corrected chi connectivity index (χ3v) is 6.25. The average molecular weight is 440 g/mol. The number of aryl methyl sites for hydroxylation is 1. The van der Waals surface area contributed by atoms with Gasteiger partial charge in [0.1, 0.15) is 5.82 Å². The van der Waals surface area contributed by atoms with Crippen LogP contribution in [0.2, 0.25) is 0 Å². The number of nitrogens with zero attached hydrogens (tertiary/aromatic N) is 3. The molecule has 1 saturated heterocycles. The van der Waals surface area contributed by atoms with E-state index in [4.69, 9.17) is 5.73 Å². The largest absolute Gasteiger partial charge is 0.383 e. The van der Waals surface area contributed by atoms with E-state index in [9.17, 15) is 9.59 Å². The van der Waals surface area contributed by atoms with E-state index in [2.05, 4.69) is 15.3 Å². The van der Waals surface area contributed by atoms with E-state index in [1.807, 2.05) is 61.5 Å². The van der Waals surface area contributed by atoms with Gasteiger partial charge in [0, 0.05) is 47.9 Å². The van der Waals surface area contributed by atoms with Crippen LogP contribution in [0.5, 0.6) is 0 Å². The van der Waals surface area contributed by atoms with Gasteiger partial charge in [-0.25, -0.2) is 4.98 Å². The molecular weight excluding hydrogens is 414 g/mol. The second kappa shape index (κ2) is 8.50. The summed E-state index contributed by atoms with van der Waals surface area (Å²) in [6.07, 6.45) is 2.34. The van der Waals surface area contributed by atoms with Gasteiger partial charge in [0.15, 0.2) is 0 Å². The van der Waals surface area contributed by atoms with Crippen LogP contribution in [0.4, 0.5) is 5.82 Å². The van der Waals surface area contributed by atoms with Gasteiger partial charge in [-0.15, -0.1) is 0 Å². The lowest BCUT2D eigenvalue weighted by atomic mass is 10.1. The molecule has 4 aromatic rings. The van der Waals surface area contributed by atoms with Crippen molar-refractivity contribution in [2.75, 3.05) is 18.8 Å². The summed E-state index contributed by atoms with van der Waals surface area (Å²) in [6, 6.07) is 17.3. The Balaban J connectivity index is 1.21. The molecule has 0 bridgehead atoms. The number of pyridine rings is 2. The lowest BCUT2D eigenvalue weighted by Gasteiger charge is -2.17. The van der Waals surface area contributed by atoms with E-state index < -0.39 is 0 Å². The minimum atomic E-state index is -0.209. The molecule has 1 unspecified atom stereocenters. The van der Waals surface area contributed by atoms with Gasteiger partial charge in [0.05, 0.1) is 11.4 Å². The molecule has 0 aliphatic carbocycles. The number of carbonyl (C=O) groups excluding carboxylic acids is 2. The van der Waals surface area contributed by atoms with E-state index in [0.717, 1.165) is 32.9 Å². The highest BCUT2D eigenvalue weighted by atomic mass is 16.2. The molecule has 5 rings (SSSR count). The topological polar surface area (TPSA) is 101 Å². The fraction of sp³-hybridized carbons (Fsp3) is 0.231. The quantitative estimate of drug-likeness (QED) is 0.507. The zero-order valence-corrected chi connectivity index (χ0v) is 18.4. The predicted molar refractivity (Wildman–Crippen MR) is 128 cm³/mol. The molecule has 0 radical (unpaired) electrons. The first-order valence-corrected chi connectivity index (χ1v) is 11.1. The van der Waals surface area contributed by atoms with Gasteiger partial charge in [-0.1, -0.05) is 18.2 Å². The van der Waals surface area contributed by atoms with Crippen LogP contribution < -0.4 is 11.1 Å². The van der Waals surface area contributed by atoms with Crippen molar-refractivity contribution in [2.24, 2.45) is 5.92 Å². The minimum absolute atomic E-state index is 0.0298. The molecule has 0 spiro atoms. The number of aromatic nitrogens is 2. The van der Waals surface area contributed by atoms with Crippen LogP contribution in [-0.2, 0) is 11.3 Å². The maximum absolute atomic E-state index is 13.0. The molecule has 33 heavy (non-hydrogen) atoms. The fourth-order valence-corrected chi connectivity index (χ4v) is 4.40. The monoisotopic (exact) mass is 439 g/mol. The summed E-state index contributed by atoms with van der Waals surface area (Å²) in [6.45, 7) is 3.37. The summed E-state index contributed by atoms with van der Waals surface area (Å²) in [7, 11) is 0. The molecule has 2 aromatic heterocycles. The van der Waals surface area contributed by atoms with Crippen LogP contribution in [0.1, 0.15) is 28.0 Å². The number of hydrogen-bond donors (Lipinski definition) is 2. The Labute approximate surface area is 191 Å². The Bertz CT molecular complexity index is 1380. The van der Waals surface area contributed by atoms with Crippen molar-refractivity contribution in [3.8, 4) is 0 Å². The van der Waals surface area contributed by atoms with E-state index in [1.54, 1.807) is 11.1 Å². The zero-order valence-electron chi connectivity index (χ0n) is 18.4. The third kappa shape index (κ3) is 4.22. The van der Waals surface area contributed by atoms with Crippen molar-refractivity contribution >= 4 is 39.3 Å². The molecule has 7 nitrogen and oxygen atoms in total. The van der Waals surface area contributed by atoms with Crippen LogP contribution in [0.3, 0.4) is 0 Å². The molecule has 3 N–H and O–H groups in total. The van der Waals surface area contributed by atoms with Gasteiger partial charge in [0.25, 0.3) is 5.91 Å². The molecule has 2 amide bonds. The number of hydrogen-bond acceptors (Lipinski definition) is 5. The van der Waals surface area contributed by atoms with Gasteiger partial charge in [0.2, 0.25) is 5.91 Å². The number of amides is 2. The molecule has 1 atom stereocenters. The second-order valence-corrected chi connectivity index (χ2v) is 8.57. The van der Waals surface area contributed by atoms with Crippen LogP contribution in [0.15, 0.2) is 60.8 Å². The standard InChI is InChI=1S/C26H25N5O2/c1-16-2-4-19-13-20(5-7-23(19)30-16)26(33)31-11-9-21(15-31)25(32)29-14-17-3-6-22-18(12-17)8-10-28-24(22)27/h2-8,10,12-13,21H,9,11,14-15H2,1H3,(H2,27,28)(H,29,32).